The molecule has 0 aliphatic carbocycles. The van der Waals surface area contributed by atoms with Crippen molar-refractivity contribution in [1.29, 1.82) is 0 Å². The minimum absolute atomic E-state index is 0.636. The van der Waals surface area contributed by atoms with E-state index in [1.807, 2.05) is 38.4 Å². The van der Waals surface area contributed by atoms with Crippen LogP contribution in [-0.2, 0) is 29.3 Å². The minimum Gasteiger partial charge on any atom is -0.419 e. The molecule has 180 valence electrons. The molecular weight excluding hydrogens is 431 g/mol. The molecule has 0 amide bonds. The molecular formula is C23H37N2O6P. The number of nitrogens with zero attached hydrogens (tertiary/aromatic N) is 2. The van der Waals surface area contributed by atoms with E-state index < -0.39 is 31.4 Å². The number of carbonyl (C=O) groups is 1. The van der Waals surface area contributed by atoms with Crippen LogP contribution >= 0.6 is 7.82 Å². The van der Waals surface area contributed by atoms with Crippen LogP contribution in [-0.4, -0.2) is 53.7 Å². The highest BCUT2D eigenvalue weighted by molar-refractivity contribution is 7.48. The number of fused-ring (bicyclic) bond motifs is 1. The maximum absolute atomic E-state index is 13.3. The van der Waals surface area contributed by atoms with Crippen LogP contribution in [0.3, 0.4) is 0 Å². The smallest absolute Gasteiger partial charge is 0.419 e. The lowest BCUT2D eigenvalue weighted by atomic mass is 10.1. The average molecular weight is 469 g/mol. The van der Waals surface area contributed by atoms with Crippen molar-refractivity contribution in [2.24, 2.45) is 0 Å². The van der Waals surface area contributed by atoms with Crippen molar-refractivity contribution >= 4 is 24.8 Å². The zero-order chi connectivity index (χ0) is 24.3. The fourth-order valence-electron chi connectivity index (χ4n) is 3.08. The van der Waals surface area contributed by atoms with Crippen LogP contribution in [0.25, 0.3) is 10.9 Å². The molecule has 0 saturated carbocycles. The van der Waals surface area contributed by atoms with Gasteiger partial charge in [0.1, 0.15) is 0 Å². The first-order valence-electron chi connectivity index (χ1n) is 10.7. The Balaban J connectivity index is 2.22. The number of ether oxygens (including phenoxy) is 1. The van der Waals surface area contributed by atoms with Gasteiger partial charge >= 0.3 is 13.9 Å². The van der Waals surface area contributed by atoms with E-state index in [9.17, 15) is 9.36 Å². The summed E-state index contributed by atoms with van der Waals surface area (Å²) in [7, 11) is -0.0148. The predicted octanol–water partition coefficient (Wildman–Crippen LogP) is 5.83. The van der Waals surface area contributed by atoms with Crippen molar-refractivity contribution in [3.05, 3.63) is 36.0 Å². The molecule has 0 saturated heterocycles. The third kappa shape index (κ3) is 8.01. The van der Waals surface area contributed by atoms with E-state index in [0.717, 1.165) is 29.4 Å². The van der Waals surface area contributed by atoms with Crippen molar-refractivity contribution in [2.75, 3.05) is 20.6 Å². The van der Waals surface area contributed by atoms with E-state index in [0.29, 0.717) is 0 Å². The number of para-hydroxylation sites is 1. The second kappa shape index (κ2) is 10.1. The summed E-state index contributed by atoms with van der Waals surface area (Å²) in [6, 6.07) is 7.64. The predicted molar refractivity (Wildman–Crippen MR) is 126 cm³/mol. The van der Waals surface area contributed by atoms with E-state index in [-0.39, 0.29) is 0 Å². The monoisotopic (exact) mass is 468 g/mol. The maximum atomic E-state index is 13.3. The van der Waals surface area contributed by atoms with Crippen molar-refractivity contribution in [2.45, 2.75) is 72.4 Å². The SMILES string of the molecule is CC(OC(=O)n1cc(CCN(C)C)c2ccccc21)OP(=O)(OC(C)(C)C)OC(C)(C)C. The third-order valence-corrected chi connectivity index (χ3v) is 6.23. The van der Waals surface area contributed by atoms with E-state index in [2.05, 4.69) is 4.90 Å². The summed E-state index contributed by atoms with van der Waals surface area (Å²) in [4.78, 5) is 15.0. The highest BCUT2D eigenvalue weighted by Crippen LogP contribution is 2.56. The standard InChI is InChI=1S/C23H37N2O6P/c1-17(29-32(27,30-22(2,3)4)31-23(5,6)7)28-21(26)25-16-18(14-15-24(8)9)19-12-10-11-13-20(19)25/h10-13,16-17H,14-15H2,1-9H3. The average Bonchev–Trinajstić information content (AvgIpc) is 2.94. The van der Waals surface area contributed by atoms with Crippen LogP contribution in [0.2, 0.25) is 0 Å². The number of hydrogen-bond acceptors (Lipinski definition) is 7. The van der Waals surface area contributed by atoms with Crippen LogP contribution in [0, 0.1) is 0 Å². The Morgan fingerprint density at radius 2 is 1.62 bits per heavy atom. The van der Waals surface area contributed by atoms with Gasteiger partial charge in [0.25, 0.3) is 0 Å². The molecule has 1 atom stereocenters. The molecule has 0 spiro atoms. The van der Waals surface area contributed by atoms with Crippen molar-refractivity contribution in [3.63, 3.8) is 0 Å². The number of phosphoric acid groups is 1. The van der Waals surface area contributed by atoms with Gasteiger partial charge in [-0.2, -0.15) is 0 Å². The summed E-state index contributed by atoms with van der Waals surface area (Å²) in [5.41, 5.74) is 0.196. The lowest BCUT2D eigenvalue weighted by molar-refractivity contribution is -0.0709. The number of hydrogen-bond donors (Lipinski definition) is 0. The summed E-state index contributed by atoms with van der Waals surface area (Å²) in [6.45, 7) is 12.8. The Morgan fingerprint density at radius 3 is 2.16 bits per heavy atom. The van der Waals surface area contributed by atoms with E-state index in [4.69, 9.17) is 18.3 Å². The van der Waals surface area contributed by atoms with Gasteiger partial charge in [-0.05, 0) is 80.6 Å². The Morgan fingerprint density at radius 1 is 1.06 bits per heavy atom. The molecule has 0 N–H and O–H groups in total. The number of aromatic nitrogens is 1. The van der Waals surface area contributed by atoms with Crippen LogP contribution in [0.15, 0.2) is 30.5 Å². The quantitative estimate of drug-likeness (QED) is 0.356. The highest BCUT2D eigenvalue weighted by Gasteiger charge is 2.39. The molecule has 0 aliphatic heterocycles. The first-order valence-corrected chi connectivity index (χ1v) is 12.2. The maximum Gasteiger partial charge on any atom is 0.478 e. The normalized spacial score (nSPS) is 14.2. The molecule has 1 heterocycles. The summed E-state index contributed by atoms with van der Waals surface area (Å²) in [5.74, 6) is 0. The summed E-state index contributed by atoms with van der Waals surface area (Å²) >= 11 is 0. The molecule has 9 heteroatoms. The molecule has 1 aromatic heterocycles. The van der Waals surface area contributed by atoms with Crippen molar-refractivity contribution in [1.82, 2.24) is 9.47 Å². The number of likely N-dealkylation sites (N-methyl/N-ethyl adjacent to an activating group) is 1. The number of carbonyl (C=O) groups excluding carboxylic acids is 1. The van der Waals surface area contributed by atoms with Gasteiger partial charge in [-0.15, -0.1) is 0 Å². The first-order chi connectivity index (χ1) is 14.6. The Bertz CT molecular complexity index is 951. The highest BCUT2D eigenvalue weighted by atomic mass is 31.2. The van der Waals surface area contributed by atoms with Gasteiger partial charge in [-0.1, -0.05) is 18.2 Å². The Kier molecular flexibility index (Phi) is 8.35. The van der Waals surface area contributed by atoms with Gasteiger partial charge in [0.15, 0.2) is 0 Å². The zero-order valence-electron chi connectivity index (χ0n) is 20.7. The Labute approximate surface area is 191 Å². The second-order valence-corrected chi connectivity index (χ2v) is 11.5. The largest absolute Gasteiger partial charge is 0.478 e. The molecule has 1 aromatic carbocycles. The number of phosphoric ester groups is 1. The molecule has 2 rings (SSSR count). The van der Waals surface area contributed by atoms with E-state index >= 15 is 0 Å². The van der Waals surface area contributed by atoms with Crippen LogP contribution in [0.5, 0.6) is 0 Å². The van der Waals surface area contributed by atoms with Crippen LogP contribution < -0.4 is 0 Å². The molecule has 32 heavy (non-hydrogen) atoms. The molecule has 0 fully saturated rings. The molecule has 0 aliphatic rings. The van der Waals surface area contributed by atoms with Crippen molar-refractivity contribution in [3.8, 4) is 0 Å². The third-order valence-electron chi connectivity index (χ3n) is 4.14. The fraction of sp³-hybridized carbons (Fsp3) is 0.609. The fourth-order valence-corrected chi connectivity index (χ4v) is 4.95. The molecule has 1 unspecified atom stereocenters. The van der Waals surface area contributed by atoms with Gasteiger partial charge in [0.2, 0.25) is 6.29 Å². The topological polar surface area (TPSA) is 79.2 Å². The summed E-state index contributed by atoms with van der Waals surface area (Å²) in [5, 5.41) is 0.984. The van der Waals surface area contributed by atoms with Gasteiger partial charge in [-0.25, -0.2) is 13.9 Å². The number of benzene rings is 1. The van der Waals surface area contributed by atoms with Crippen LogP contribution in [0.4, 0.5) is 4.79 Å². The summed E-state index contributed by atoms with van der Waals surface area (Å²) in [6.07, 6.45) is 0.765. The molecule has 0 bridgehead atoms. The lowest BCUT2D eigenvalue weighted by Gasteiger charge is -2.32. The first kappa shape index (κ1) is 26.6. The lowest BCUT2D eigenvalue weighted by Crippen LogP contribution is -2.28. The van der Waals surface area contributed by atoms with E-state index in [1.165, 1.54) is 11.5 Å². The van der Waals surface area contributed by atoms with Gasteiger partial charge in [0.05, 0.1) is 16.7 Å². The molecule has 2 aromatic rings. The minimum atomic E-state index is -4.02. The van der Waals surface area contributed by atoms with Gasteiger partial charge < -0.3 is 9.64 Å². The summed E-state index contributed by atoms with van der Waals surface area (Å²) < 4.78 is 36.9. The van der Waals surface area contributed by atoms with Crippen LogP contribution in [0.1, 0.15) is 54.0 Å². The molecule has 8 nitrogen and oxygen atoms in total. The molecule has 0 radical (unpaired) electrons. The van der Waals surface area contributed by atoms with E-state index in [1.54, 1.807) is 47.7 Å². The second-order valence-electron chi connectivity index (χ2n) is 10.0. The zero-order valence-corrected chi connectivity index (χ0v) is 21.6. The Hall–Kier alpha value is -1.70. The van der Waals surface area contributed by atoms with Gasteiger partial charge in [-0.3, -0.25) is 13.6 Å². The van der Waals surface area contributed by atoms with Crippen molar-refractivity contribution < 1.29 is 27.7 Å². The number of rotatable bonds is 8. The van der Waals surface area contributed by atoms with Gasteiger partial charge in [0, 0.05) is 18.1 Å².